The lowest BCUT2D eigenvalue weighted by molar-refractivity contribution is 0.0991. The second-order valence-corrected chi connectivity index (χ2v) is 5.16. The van der Waals surface area contributed by atoms with Gasteiger partial charge < -0.3 is 10.8 Å². The molecule has 96 valence electrons. The van der Waals surface area contributed by atoms with Gasteiger partial charge in [0.25, 0.3) is 11.5 Å². The van der Waals surface area contributed by atoms with Crippen LogP contribution in [0, 0.1) is 5.92 Å². The zero-order valence-electron chi connectivity index (χ0n) is 9.93. The number of aromatic hydroxyl groups is 1. The van der Waals surface area contributed by atoms with Crippen molar-refractivity contribution in [3.63, 3.8) is 0 Å². The summed E-state index contributed by atoms with van der Waals surface area (Å²) in [5, 5.41) is 9.71. The van der Waals surface area contributed by atoms with Gasteiger partial charge >= 0.3 is 0 Å². The van der Waals surface area contributed by atoms with Crippen LogP contribution < -0.4 is 11.3 Å². The Morgan fingerprint density at radius 2 is 2.00 bits per heavy atom. The van der Waals surface area contributed by atoms with Crippen LogP contribution in [-0.2, 0) is 6.54 Å². The third kappa shape index (κ3) is 1.52. The fraction of sp³-hybridized carbons (Fsp3) is 0.583. The van der Waals surface area contributed by atoms with Crippen LogP contribution in [-0.4, -0.2) is 20.6 Å². The average Bonchev–Trinajstić information content (AvgIpc) is 2.63. The maximum absolute atomic E-state index is 12.1. The molecule has 1 aromatic rings. The molecule has 1 aliphatic carbocycles. The molecule has 3 aliphatic rings. The van der Waals surface area contributed by atoms with Gasteiger partial charge in [0.05, 0.1) is 0 Å². The first kappa shape index (κ1) is 11.3. The Morgan fingerprint density at radius 1 is 1.33 bits per heavy atom. The number of carbonyl (C=O) groups is 1. The Balaban J connectivity index is 2.25. The molecule has 6 heteroatoms. The summed E-state index contributed by atoms with van der Waals surface area (Å²) in [7, 11) is 0. The van der Waals surface area contributed by atoms with E-state index in [0.717, 1.165) is 25.7 Å². The summed E-state index contributed by atoms with van der Waals surface area (Å²) < 4.78 is 1.52. The zero-order chi connectivity index (χ0) is 12.9. The van der Waals surface area contributed by atoms with Crippen molar-refractivity contribution >= 4 is 5.91 Å². The van der Waals surface area contributed by atoms with Crippen LogP contribution >= 0.6 is 0 Å². The van der Waals surface area contributed by atoms with E-state index < -0.39 is 17.2 Å². The summed E-state index contributed by atoms with van der Waals surface area (Å²) in [5.41, 5.74) is 4.31. The van der Waals surface area contributed by atoms with Crippen LogP contribution in [0.25, 0.3) is 0 Å². The highest BCUT2D eigenvalue weighted by Crippen LogP contribution is 2.39. The van der Waals surface area contributed by atoms with Gasteiger partial charge in [-0.2, -0.15) is 0 Å². The van der Waals surface area contributed by atoms with Gasteiger partial charge in [-0.05, 0) is 31.6 Å². The number of amides is 1. The maximum atomic E-state index is 12.1. The van der Waals surface area contributed by atoms with Crippen molar-refractivity contribution in [2.24, 2.45) is 11.7 Å². The van der Waals surface area contributed by atoms with Crippen LogP contribution in [0.5, 0.6) is 5.75 Å². The highest BCUT2D eigenvalue weighted by Gasteiger charge is 2.33. The van der Waals surface area contributed by atoms with Gasteiger partial charge in [0.1, 0.15) is 5.82 Å². The molecule has 3 heterocycles. The lowest BCUT2D eigenvalue weighted by Gasteiger charge is -2.21. The van der Waals surface area contributed by atoms with Crippen molar-refractivity contribution in [3.8, 4) is 5.75 Å². The zero-order valence-corrected chi connectivity index (χ0v) is 9.93. The number of hydrogen-bond acceptors (Lipinski definition) is 4. The van der Waals surface area contributed by atoms with Gasteiger partial charge in [0.2, 0.25) is 5.75 Å². The second kappa shape index (κ2) is 3.83. The first-order chi connectivity index (χ1) is 8.58. The number of aromatic nitrogens is 2. The smallest absolute Gasteiger partial charge is 0.296 e. The minimum atomic E-state index is -0.855. The molecule has 1 amide bonds. The number of rotatable bonds is 1. The van der Waals surface area contributed by atoms with E-state index in [1.54, 1.807) is 0 Å². The van der Waals surface area contributed by atoms with Crippen LogP contribution in [0.4, 0.5) is 0 Å². The quantitative estimate of drug-likeness (QED) is 0.749. The molecule has 0 radical (unpaired) electrons. The van der Waals surface area contributed by atoms with Crippen molar-refractivity contribution in [3.05, 3.63) is 21.9 Å². The first-order valence-electron chi connectivity index (χ1n) is 6.21. The largest absolute Gasteiger partial charge is 0.501 e. The van der Waals surface area contributed by atoms with E-state index in [1.165, 1.54) is 4.57 Å². The molecule has 0 spiro atoms. The van der Waals surface area contributed by atoms with E-state index in [2.05, 4.69) is 4.98 Å². The van der Waals surface area contributed by atoms with Gasteiger partial charge in [-0.3, -0.25) is 14.2 Å². The number of fused-ring (bicyclic) bond motifs is 2. The predicted molar refractivity (Wildman–Crippen MR) is 63.4 cm³/mol. The summed E-state index contributed by atoms with van der Waals surface area (Å²) >= 11 is 0. The van der Waals surface area contributed by atoms with Gasteiger partial charge in [-0.1, -0.05) is 0 Å². The SMILES string of the molecule is NC(=O)c1nc2n(c(=O)c1O)CC1CCC2CC1. The summed E-state index contributed by atoms with van der Waals surface area (Å²) in [6.45, 7) is 0.588. The molecule has 2 aliphatic heterocycles. The van der Waals surface area contributed by atoms with Crippen molar-refractivity contribution < 1.29 is 9.90 Å². The molecule has 18 heavy (non-hydrogen) atoms. The summed E-state index contributed by atoms with van der Waals surface area (Å²) in [6.07, 6.45) is 4.11. The Hall–Kier alpha value is -1.85. The number of primary amides is 1. The number of carbonyl (C=O) groups excluding carboxylic acids is 1. The summed E-state index contributed by atoms with van der Waals surface area (Å²) in [6, 6.07) is 0. The molecule has 0 saturated heterocycles. The molecule has 1 fully saturated rings. The van der Waals surface area contributed by atoms with Gasteiger partial charge in [0, 0.05) is 12.5 Å². The highest BCUT2D eigenvalue weighted by molar-refractivity contribution is 5.93. The molecular weight excluding hydrogens is 234 g/mol. The third-order valence-corrected chi connectivity index (χ3v) is 4.06. The monoisotopic (exact) mass is 249 g/mol. The molecule has 3 N–H and O–H groups in total. The maximum Gasteiger partial charge on any atom is 0.296 e. The predicted octanol–water partition coefficient (Wildman–Crippen LogP) is 0.335. The lowest BCUT2D eigenvalue weighted by atomic mass is 9.83. The topological polar surface area (TPSA) is 98.2 Å². The van der Waals surface area contributed by atoms with Crippen LogP contribution in [0.3, 0.4) is 0 Å². The van der Waals surface area contributed by atoms with E-state index in [1.807, 2.05) is 0 Å². The van der Waals surface area contributed by atoms with E-state index >= 15 is 0 Å². The number of hydrogen-bond donors (Lipinski definition) is 2. The van der Waals surface area contributed by atoms with Crippen molar-refractivity contribution in [1.29, 1.82) is 0 Å². The lowest BCUT2D eigenvalue weighted by Crippen LogP contribution is -2.29. The minimum absolute atomic E-state index is 0.204. The van der Waals surface area contributed by atoms with Gasteiger partial charge in [0.15, 0.2) is 5.69 Å². The summed E-state index contributed by atoms with van der Waals surface area (Å²) in [5.74, 6) is -0.179. The highest BCUT2D eigenvalue weighted by atomic mass is 16.3. The van der Waals surface area contributed by atoms with Crippen LogP contribution in [0.2, 0.25) is 0 Å². The fourth-order valence-corrected chi connectivity index (χ4v) is 3.08. The van der Waals surface area contributed by atoms with Crippen LogP contribution in [0.15, 0.2) is 4.79 Å². The Morgan fingerprint density at radius 3 is 2.61 bits per heavy atom. The summed E-state index contributed by atoms with van der Waals surface area (Å²) in [4.78, 5) is 27.4. The first-order valence-corrected chi connectivity index (χ1v) is 6.21. The molecule has 6 nitrogen and oxygen atoms in total. The molecule has 0 unspecified atom stereocenters. The molecular formula is C12H15N3O3. The Labute approximate surface area is 103 Å². The normalized spacial score (nSPS) is 25.6. The van der Waals surface area contributed by atoms with E-state index in [-0.39, 0.29) is 11.6 Å². The minimum Gasteiger partial charge on any atom is -0.501 e. The molecule has 0 aromatic carbocycles. The van der Waals surface area contributed by atoms with Crippen molar-refractivity contribution in [2.75, 3.05) is 0 Å². The Kier molecular flexibility index (Phi) is 2.39. The molecule has 2 bridgehead atoms. The second-order valence-electron chi connectivity index (χ2n) is 5.16. The molecule has 1 aromatic heterocycles. The van der Waals surface area contributed by atoms with Gasteiger partial charge in [-0.15, -0.1) is 0 Å². The van der Waals surface area contributed by atoms with Crippen LogP contribution in [0.1, 0.15) is 47.9 Å². The van der Waals surface area contributed by atoms with Crippen molar-refractivity contribution in [2.45, 2.75) is 38.1 Å². The molecule has 1 saturated carbocycles. The molecule has 0 atom stereocenters. The average molecular weight is 249 g/mol. The van der Waals surface area contributed by atoms with Gasteiger partial charge in [-0.25, -0.2) is 4.98 Å². The third-order valence-electron chi connectivity index (χ3n) is 4.06. The van der Waals surface area contributed by atoms with E-state index in [9.17, 15) is 14.7 Å². The number of nitrogens with zero attached hydrogens (tertiary/aromatic N) is 2. The Bertz CT molecular complexity index is 571. The fourth-order valence-electron chi connectivity index (χ4n) is 3.08. The van der Waals surface area contributed by atoms with Crippen molar-refractivity contribution in [1.82, 2.24) is 9.55 Å². The standard InChI is InChI=1S/C12H15N3O3/c13-10(17)8-9(16)12(18)15-5-6-1-3-7(4-2-6)11(15)14-8/h6-7,16H,1-5H2,(H2,13,17). The molecule has 4 rings (SSSR count). The number of nitrogens with two attached hydrogens (primary N) is 1. The van der Waals surface area contributed by atoms with E-state index in [4.69, 9.17) is 5.73 Å². The van der Waals surface area contributed by atoms with E-state index in [0.29, 0.717) is 18.3 Å².